The van der Waals surface area contributed by atoms with Crippen molar-refractivity contribution < 1.29 is 4.74 Å². The maximum atomic E-state index is 5.67. The van der Waals surface area contributed by atoms with Crippen molar-refractivity contribution in [3.8, 4) is 5.75 Å². The molecular weight excluding hydrogens is 256 g/mol. The predicted molar refractivity (Wildman–Crippen MR) is 79.5 cm³/mol. The zero-order valence-corrected chi connectivity index (χ0v) is 11.8. The fourth-order valence-corrected chi connectivity index (χ4v) is 1.60. The summed E-state index contributed by atoms with van der Waals surface area (Å²) in [5.74, 6) is 1.86. The van der Waals surface area contributed by atoms with Crippen LogP contribution < -0.4 is 20.7 Å². The number of nitrogens with zero attached hydrogens (tertiary/aromatic N) is 4. The van der Waals surface area contributed by atoms with E-state index in [1.165, 1.54) is 0 Å². The zero-order valence-electron chi connectivity index (χ0n) is 11.8. The maximum absolute atomic E-state index is 5.67. The van der Waals surface area contributed by atoms with Crippen molar-refractivity contribution >= 4 is 23.5 Å². The molecule has 0 aliphatic rings. The van der Waals surface area contributed by atoms with E-state index in [1.807, 2.05) is 45.3 Å². The molecule has 0 spiro atoms. The normalized spacial score (nSPS) is 10.2. The quantitative estimate of drug-likeness (QED) is 0.857. The van der Waals surface area contributed by atoms with Gasteiger partial charge in [0.15, 0.2) is 0 Å². The lowest BCUT2D eigenvalue weighted by Crippen LogP contribution is -2.15. The molecule has 1 aromatic carbocycles. The van der Waals surface area contributed by atoms with E-state index < -0.39 is 0 Å². The molecule has 0 unspecified atom stereocenters. The average Bonchev–Trinajstić information content (AvgIpc) is 2.38. The molecule has 106 valence electrons. The fourth-order valence-electron chi connectivity index (χ4n) is 1.60. The molecule has 7 heteroatoms. The van der Waals surface area contributed by atoms with Gasteiger partial charge in [-0.1, -0.05) is 6.07 Å². The Kier molecular flexibility index (Phi) is 4.19. The summed E-state index contributed by atoms with van der Waals surface area (Å²) < 4.78 is 5.44. The number of rotatable bonds is 5. The molecule has 0 amide bonds. The molecule has 0 saturated carbocycles. The summed E-state index contributed by atoms with van der Waals surface area (Å²) in [7, 11) is 3.68. The average molecular weight is 274 g/mol. The highest BCUT2D eigenvalue weighted by atomic mass is 16.5. The minimum Gasteiger partial charge on any atom is -0.494 e. The highest BCUT2D eigenvalue weighted by Crippen LogP contribution is 2.20. The van der Waals surface area contributed by atoms with Crippen LogP contribution >= 0.6 is 0 Å². The van der Waals surface area contributed by atoms with Gasteiger partial charge in [-0.3, -0.25) is 0 Å². The van der Waals surface area contributed by atoms with Crippen molar-refractivity contribution in [3.63, 3.8) is 0 Å². The van der Waals surface area contributed by atoms with Crippen LogP contribution in [0.15, 0.2) is 24.3 Å². The molecular formula is C13H18N6O. The van der Waals surface area contributed by atoms with E-state index >= 15 is 0 Å². The van der Waals surface area contributed by atoms with Crippen molar-refractivity contribution in [2.45, 2.75) is 6.92 Å². The number of hydrogen-bond donors (Lipinski definition) is 2. The first-order chi connectivity index (χ1) is 9.58. The lowest BCUT2D eigenvalue weighted by atomic mass is 10.3. The van der Waals surface area contributed by atoms with Gasteiger partial charge in [-0.25, -0.2) is 0 Å². The van der Waals surface area contributed by atoms with Gasteiger partial charge in [-0.15, -0.1) is 0 Å². The molecule has 2 rings (SSSR count). The van der Waals surface area contributed by atoms with Crippen LogP contribution in [0.4, 0.5) is 23.5 Å². The third-order valence-corrected chi connectivity index (χ3v) is 2.44. The van der Waals surface area contributed by atoms with Crippen molar-refractivity contribution in [1.29, 1.82) is 0 Å². The Labute approximate surface area is 117 Å². The second kappa shape index (κ2) is 6.05. The van der Waals surface area contributed by atoms with Gasteiger partial charge in [-0.05, 0) is 19.1 Å². The number of nitrogens with two attached hydrogens (primary N) is 1. The SMILES string of the molecule is CCOc1cccc(Nc2nc(N)nc(N(C)C)n2)c1. The van der Waals surface area contributed by atoms with E-state index in [0.717, 1.165) is 11.4 Å². The van der Waals surface area contributed by atoms with Crippen LogP contribution in [0.1, 0.15) is 6.92 Å². The van der Waals surface area contributed by atoms with Gasteiger partial charge in [0.05, 0.1) is 6.61 Å². The van der Waals surface area contributed by atoms with Crippen molar-refractivity contribution in [2.24, 2.45) is 0 Å². The zero-order chi connectivity index (χ0) is 14.5. The molecule has 0 atom stereocenters. The molecule has 0 fully saturated rings. The summed E-state index contributed by atoms with van der Waals surface area (Å²) in [4.78, 5) is 14.1. The van der Waals surface area contributed by atoms with Gasteiger partial charge in [0.25, 0.3) is 0 Å². The number of hydrogen-bond acceptors (Lipinski definition) is 7. The van der Waals surface area contributed by atoms with Crippen LogP contribution in [0.3, 0.4) is 0 Å². The molecule has 1 heterocycles. The largest absolute Gasteiger partial charge is 0.494 e. The smallest absolute Gasteiger partial charge is 0.233 e. The summed E-state index contributed by atoms with van der Waals surface area (Å²) >= 11 is 0. The number of aromatic nitrogens is 3. The standard InChI is InChI=1S/C13H18N6O/c1-4-20-10-7-5-6-9(8-10)15-12-16-11(14)17-13(18-12)19(2)3/h5-8H,4H2,1-3H3,(H3,14,15,16,17,18). The number of nitrogen functional groups attached to an aromatic ring is 1. The lowest BCUT2D eigenvalue weighted by molar-refractivity contribution is 0.340. The molecule has 7 nitrogen and oxygen atoms in total. The van der Waals surface area contributed by atoms with Gasteiger partial charge in [0, 0.05) is 25.8 Å². The minimum absolute atomic E-state index is 0.173. The van der Waals surface area contributed by atoms with Crippen molar-refractivity contribution in [1.82, 2.24) is 15.0 Å². The van der Waals surface area contributed by atoms with Crippen LogP contribution in [0.2, 0.25) is 0 Å². The van der Waals surface area contributed by atoms with E-state index in [0.29, 0.717) is 18.5 Å². The molecule has 1 aromatic heterocycles. The number of ether oxygens (including phenoxy) is 1. The molecule has 0 saturated heterocycles. The molecule has 0 aliphatic heterocycles. The molecule has 20 heavy (non-hydrogen) atoms. The topological polar surface area (TPSA) is 89.2 Å². The Morgan fingerprint density at radius 3 is 2.75 bits per heavy atom. The van der Waals surface area contributed by atoms with E-state index in [9.17, 15) is 0 Å². The molecule has 0 bridgehead atoms. The molecule has 0 radical (unpaired) electrons. The van der Waals surface area contributed by atoms with Crippen LogP contribution in [-0.2, 0) is 0 Å². The highest BCUT2D eigenvalue weighted by Gasteiger charge is 2.06. The van der Waals surface area contributed by atoms with Crippen molar-refractivity contribution in [3.05, 3.63) is 24.3 Å². The minimum atomic E-state index is 0.173. The van der Waals surface area contributed by atoms with E-state index in [4.69, 9.17) is 10.5 Å². The Balaban J connectivity index is 2.23. The second-order valence-corrected chi connectivity index (χ2v) is 4.30. The van der Waals surface area contributed by atoms with Crippen molar-refractivity contribution in [2.75, 3.05) is 36.7 Å². The predicted octanol–water partition coefficient (Wildman–Crippen LogP) is 1.66. The summed E-state index contributed by atoms with van der Waals surface area (Å²) in [6.45, 7) is 2.56. The maximum Gasteiger partial charge on any atom is 0.233 e. The first kappa shape index (κ1) is 13.9. The second-order valence-electron chi connectivity index (χ2n) is 4.30. The van der Waals surface area contributed by atoms with E-state index in [1.54, 1.807) is 4.90 Å². The summed E-state index contributed by atoms with van der Waals surface area (Å²) in [6.07, 6.45) is 0. The number of anilines is 4. The lowest BCUT2D eigenvalue weighted by Gasteiger charge is -2.12. The van der Waals surface area contributed by atoms with Gasteiger partial charge < -0.3 is 20.7 Å². The summed E-state index contributed by atoms with van der Waals surface area (Å²) in [5.41, 5.74) is 6.50. The van der Waals surface area contributed by atoms with Crippen LogP contribution in [-0.4, -0.2) is 35.7 Å². The van der Waals surface area contributed by atoms with Crippen LogP contribution in [0, 0.1) is 0 Å². The van der Waals surface area contributed by atoms with Crippen LogP contribution in [0.5, 0.6) is 5.75 Å². The van der Waals surface area contributed by atoms with Gasteiger partial charge in [0.2, 0.25) is 17.8 Å². The Hall–Kier alpha value is -2.57. The third kappa shape index (κ3) is 3.47. The number of benzene rings is 1. The monoisotopic (exact) mass is 274 g/mol. The molecule has 2 aromatic rings. The van der Waals surface area contributed by atoms with Gasteiger partial charge >= 0.3 is 0 Å². The van der Waals surface area contributed by atoms with Gasteiger partial charge in [0.1, 0.15) is 5.75 Å². The third-order valence-electron chi connectivity index (χ3n) is 2.44. The first-order valence-electron chi connectivity index (χ1n) is 6.27. The Morgan fingerprint density at radius 2 is 2.05 bits per heavy atom. The molecule has 0 aliphatic carbocycles. The Bertz CT molecular complexity index is 587. The summed E-state index contributed by atoms with van der Waals surface area (Å²) in [6, 6.07) is 7.56. The van der Waals surface area contributed by atoms with E-state index in [-0.39, 0.29) is 5.95 Å². The summed E-state index contributed by atoms with van der Waals surface area (Å²) in [5, 5.41) is 3.09. The van der Waals surface area contributed by atoms with Gasteiger partial charge in [-0.2, -0.15) is 15.0 Å². The van der Waals surface area contributed by atoms with Crippen LogP contribution in [0.25, 0.3) is 0 Å². The fraction of sp³-hybridized carbons (Fsp3) is 0.308. The highest BCUT2D eigenvalue weighted by molar-refractivity contribution is 5.57. The Morgan fingerprint density at radius 1 is 1.25 bits per heavy atom. The van der Waals surface area contributed by atoms with E-state index in [2.05, 4.69) is 20.3 Å². The number of nitrogens with one attached hydrogen (secondary N) is 1. The molecule has 3 N–H and O–H groups in total. The first-order valence-corrected chi connectivity index (χ1v) is 6.27.